The fourth-order valence-electron chi connectivity index (χ4n) is 1.98. The van der Waals surface area contributed by atoms with Gasteiger partial charge >= 0.3 is 0 Å². The van der Waals surface area contributed by atoms with Crippen LogP contribution < -0.4 is 10.6 Å². The minimum Gasteiger partial charge on any atom is -0.362 e. The second-order valence-electron chi connectivity index (χ2n) is 4.85. The predicted molar refractivity (Wildman–Crippen MR) is 99.1 cm³/mol. The molecule has 2 rings (SSSR count). The third-order valence-corrected chi connectivity index (χ3v) is 4.73. The van der Waals surface area contributed by atoms with Crippen molar-refractivity contribution < 1.29 is 0 Å². The Labute approximate surface area is 145 Å². The van der Waals surface area contributed by atoms with Crippen LogP contribution >= 0.6 is 35.6 Å². The molecule has 1 aromatic carbocycles. The lowest BCUT2D eigenvalue weighted by Crippen LogP contribution is -2.30. The first kappa shape index (κ1) is 17.1. The summed E-state index contributed by atoms with van der Waals surface area (Å²) in [7, 11) is 1.92. The lowest BCUT2D eigenvalue weighted by atomic mass is 10.3. The zero-order chi connectivity index (χ0) is 16.1. The summed E-state index contributed by atoms with van der Waals surface area (Å²) in [5, 5.41) is 12.2. The number of aromatic nitrogens is 2. The molecule has 0 atom stereocenters. The summed E-state index contributed by atoms with van der Waals surface area (Å²) in [5.74, 6) is 0.925. The van der Waals surface area contributed by atoms with Crippen molar-refractivity contribution in [2.45, 2.75) is 18.7 Å². The van der Waals surface area contributed by atoms with Crippen molar-refractivity contribution in [1.82, 2.24) is 15.1 Å². The van der Waals surface area contributed by atoms with Gasteiger partial charge in [0.25, 0.3) is 0 Å². The van der Waals surface area contributed by atoms with Gasteiger partial charge in [0.2, 0.25) is 0 Å². The third kappa shape index (κ3) is 4.63. The van der Waals surface area contributed by atoms with Gasteiger partial charge in [-0.2, -0.15) is 5.10 Å². The molecule has 22 heavy (non-hydrogen) atoms. The molecule has 0 fully saturated rings. The van der Waals surface area contributed by atoms with Crippen LogP contribution in [-0.2, 0) is 7.05 Å². The largest absolute Gasteiger partial charge is 0.362 e. The zero-order valence-electron chi connectivity index (χ0n) is 12.8. The van der Waals surface area contributed by atoms with E-state index in [0.717, 1.165) is 34.4 Å². The number of rotatable bonds is 5. The molecular weight excluding hydrogens is 336 g/mol. The zero-order valence-corrected chi connectivity index (χ0v) is 15.2. The first-order valence-electron chi connectivity index (χ1n) is 6.91. The van der Waals surface area contributed by atoms with Crippen molar-refractivity contribution >= 4 is 46.4 Å². The molecule has 1 heterocycles. The van der Waals surface area contributed by atoms with Crippen LogP contribution in [0.1, 0.15) is 11.4 Å². The van der Waals surface area contributed by atoms with Crippen LogP contribution in [-0.4, -0.2) is 27.2 Å². The molecule has 118 valence electrons. The van der Waals surface area contributed by atoms with Gasteiger partial charge in [-0.25, -0.2) is 0 Å². The van der Waals surface area contributed by atoms with Crippen LogP contribution in [0.4, 0.5) is 5.69 Å². The number of anilines is 1. The number of halogens is 1. The first-order chi connectivity index (χ1) is 10.5. The van der Waals surface area contributed by atoms with E-state index in [2.05, 4.69) is 15.7 Å². The molecule has 1 aromatic heterocycles. The van der Waals surface area contributed by atoms with Crippen LogP contribution in [0.5, 0.6) is 0 Å². The number of hydrogen-bond acceptors (Lipinski definition) is 3. The topological polar surface area (TPSA) is 41.9 Å². The molecule has 0 saturated carbocycles. The molecular formula is C15H19ClN4S2. The van der Waals surface area contributed by atoms with E-state index in [4.69, 9.17) is 23.8 Å². The van der Waals surface area contributed by atoms with Crippen LogP contribution in [0.25, 0.3) is 0 Å². The Morgan fingerprint density at radius 3 is 2.59 bits per heavy atom. The van der Waals surface area contributed by atoms with E-state index < -0.39 is 0 Å². The molecule has 7 heteroatoms. The quantitative estimate of drug-likeness (QED) is 0.486. The van der Waals surface area contributed by atoms with Gasteiger partial charge in [-0.15, -0.1) is 11.8 Å². The Morgan fingerprint density at radius 2 is 2.00 bits per heavy atom. The van der Waals surface area contributed by atoms with Crippen molar-refractivity contribution in [1.29, 1.82) is 0 Å². The first-order valence-corrected chi connectivity index (χ1v) is 8.68. The molecule has 0 aliphatic rings. The second-order valence-corrected chi connectivity index (χ2v) is 6.87. The van der Waals surface area contributed by atoms with Crippen molar-refractivity contribution in [3.63, 3.8) is 0 Å². The van der Waals surface area contributed by atoms with Gasteiger partial charge in [-0.1, -0.05) is 11.6 Å². The van der Waals surface area contributed by atoms with Gasteiger partial charge in [0, 0.05) is 29.3 Å². The Kier molecular flexibility index (Phi) is 6.11. The van der Waals surface area contributed by atoms with Crippen molar-refractivity contribution in [2.24, 2.45) is 7.05 Å². The Hall–Kier alpha value is -1.24. The fraction of sp³-hybridized carbons (Fsp3) is 0.333. The standard InChI is InChI=1S/C15H19ClN4S2/c1-10-14(11(2)20(3)19-10)18-15(21)17-8-9-22-13-6-4-12(16)5-7-13/h4-7H,8-9H2,1-3H3,(H2,17,18,21). The summed E-state index contributed by atoms with van der Waals surface area (Å²) >= 11 is 13.0. The SMILES string of the molecule is Cc1nn(C)c(C)c1NC(=S)NCCSc1ccc(Cl)cc1. The van der Waals surface area contributed by atoms with Crippen molar-refractivity contribution in [2.75, 3.05) is 17.6 Å². The second kappa shape index (κ2) is 7.85. The summed E-state index contributed by atoms with van der Waals surface area (Å²) in [5.41, 5.74) is 2.99. The average molecular weight is 355 g/mol. The molecule has 0 spiro atoms. The van der Waals surface area contributed by atoms with E-state index in [0.29, 0.717) is 5.11 Å². The van der Waals surface area contributed by atoms with Crippen LogP contribution in [0.15, 0.2) is 29.2 Å². The Morgan fingerprint density at radius 1 is 1.32 bits per heavy atom. The highest BCUT2D eigenvalue weighted by Crippen LogP contribution is 2.20. The van der Waals surface area contributed by atoms with E-state index in [1.807, 2.05) is 49.8 Å². The fourth-order valence-corrected chi connectivity index (χ4v) is 3.07. The molecule has 4 nitrogen and oxygen atoms in total. The molecule has 0 aliphatic carbocycles. The Balaban J connectivity index is 1.75. The van der Waals surface area contributed by atoms with Gasteiger partial charge in [-0.3, -0.25) is 4.68 Å². The van der Waals surface area contributed by atoms with E-state index in [9.17, 15) is 0 Å². The molecule has 2 N–H and O–H groups in total. The van der Waals surface area contributed by atoms with Gasteiger partial charge in [0.1, 0.15) is 0 Å². The molecule has 0 saturated heterocycles. The monoisotopic (exact) mass is 354 g/mol. The van der Waals surface area contributed by atoms with Gasteiger partial charge in [-0.05, 0) is 50.3 Å². The maximum Gasteiger partial charge on any atom is 0.170 e. The highest BCUT2D eigenvalue weighted by Gasteiger charge is 2.10. The number of nitrogens with one attached hydrogen (secondary N) is 2. The summed E-state index contributed by atoms with van der Waals surface area (Å²) in [6.45, 7) is 4.77. The normalized spacial score (nSPS) is 10.5. The molecule has 0 unspecified atom stereocenters. The molecule has 0 bridgehead atoms. The van der Waals surface area contributed by atoms with E-state index in [-0.39, 0.29) is 0 Å². The number of thioether (sulfide) groups is 1. The maximum atomic E-state index is 5.86. The molecule has 2 aromatic rings. The van der Waals surface area contributed by atoms with Crippen LogP contribution in [0.2, 0.25) is 5.02 Å². The highest BCUT2D eigenvalue weighted by molar-refractivity contribution is 7.99. The van der Waals surface area contributed by atoms with E-state index >= 15 is 0 Å². The van der Waals surface area contributed by atoms with Gasteiger partial charge < -0.3 is 10.6 Å². The van der Waals surface area contributed by atoms with E-state index in [1.54, 1.807) is 11.8 Å². The maximum absolute atomic E-state index is 5.86. The number of nitrogens with zero attached hydrogens (tertiary/aromatic N) is 2. The molecule has 0 radical (unpaired) electrons. The smallest absolute Gasteiger partial charge is 0.170 e. The number of aryl methyl sites for hydroxylation is 2. The minimum atomic E-state index is 0.621. The predicted octanol–water partition coefficient (Wildman–Crippen LogP) is 3.77. The van der Waals surface area contributed by atoms with Crippen LogP contribution in [0.3, 0.4) is 0 Å². The average Bonchev–Trinajstić information content (AvgIpc) is 2.72. The summed E-state index contributed by atoms with van der Waals surface area (Å²) in [6.07, 6.45) is 0. The molecule has 0 aliphatic heterocycles. The highest BCUT2D eigenvalue weighted by atomic mass is 35.5. The molecule has 0 amide bonds. The Bertz CT molecular complexity index is 652. The van der Waals surface area contributed by atoms with Gasteiger partial charge in [0.15, 0.2) is 5.11 Å². The van der Waals surface area contributed by atoms with E-state index in [1.165, 1.54) is 4.90 Å². The summed E-state index contributed by atoms with van der Waals surface area (Å²) in [6, 6.07) is 7.84. The summed E-state index contributed by atoms with van der Waals surface area (Å²) < 4.78 is 1.84. The van der Waals surface area contributed by atoms with Crippen LogP contribution in [0, 0.1) is 13.8 Å². The lowest BCUT2D eigenvalue weighted by molar-refractivity contribution is 0.731. The third-order valence-electron chi connectivity index (χ3n) is 3.22. The minimum absolute atomic E-state index is 0.621. The number of hydrogen-bond donors (Lipinski definition) is 2. The summed E-state index contributed by atoms with van der Waals surface area (Å²) in [4.78, 5) is 1.20. The van der Waals surface area contributed by atoms with Crippen molar-refractivity contribution in [3.05, 3.63) is 40.7 Å². The van der Waals surface area contributed by atoms with Gasteiger partial charge in [0.05, 0.1) is 17.1 Å². The number of thiocarbonyl (C=S) groups is 1. The lowest BCUT2D eigenvalue weighted by Gasteiger charge is -2.10. The number of benzene rings is 1. The van der Waals surface area contributed by atoms with Crippen molar-refractivity contribution in [3.8, 4) is 0 Å².